The number of terminal acetylenes is 1. The summed E-state index contributed by atoms with van der Waals surface area (Å²) >= 11 is 0. The van der Waals surface area contributed by atoms with E-state index in [2.05, 4.69) is 21.3 Å². The highest BCUT2D eigenvalue weighted by Crippen LogP contribution is 2.18. The van der Waals surface area contributed by atoms with Crippen LogP contribution in [-0.4, -0.2) is 44.9 Å². The van der Waals surface area contributed by atoms with Gasteiger partial charge in [0.1, 0.15) is 0 Å². The Hall–Kier alpha value is -3.35. The smallest absolute Gasteiger partial charge is 0.321 e. The summed E-state index contributed by atoms with van der Waals surface area (Å²) < 4.78 is 26.7. The largest absolute Gasteiger partial charge is 0.325 e. The molecule has 0 radical (unpaired) electrons. The predicted octanol–water partition coefficient (Wildman–Crippen LogP) is 3.26. The van der Waals surface area contributed by atoms with E-state index in [1.54, 1.807) is 24.3 Å². The molecule has 1 fully saturated rings. The lowest BCUT2D eigenvalue weighted by molar-refractivity contribution is 0.102. The van der Waals surface area contributed by atoms with Crippen molar-refractivity contribution in [2.24, 2.45) is 0 Å². The van der Waals surface area contributed by atoms with Gasteiger partial charge < -0.3 is 15.5 Å². The van der Waals surface area contributed by atoms with Crippen molar-refractivity contribution < 1.29 is 18.0 Å². The molecule has 9 heteroatoms. The van der Waals surface area contributed by atoms with Crippen LogP contribution in [0.15, 0.2) is 53.4 Å². The number of carbonyl (C=O) groups is 2. The maximum Gasteiger partial charge on any atom is 0.321 e. The number of hydrogen-bond donors (Lipinski definition) is 3. The summed E-state index contributed by atoms with van der Waals surface area (Å²) in [5.74, 6) is 1.74. The van der Waals surface area contributed by atoms with Crippen molar-refractivity contribution in [1.29, 1.82) is 0 Å². The Labute approximate surface area is 188 Å². The Bertz CT molecular complexity index is 1100. The Kier molecular flexibility index (Phi) is 7.87. The fourth-order valence-electron chi connectivity index (χ4n) is 3.34. The average Bonchev–Trinajstić information content (AvgIpc) is 3.09. The van der Waals surface area contributed by atoms with Gasteiger partial charge in [0.05, 0.1) is 11.4 Å². The zero-order valence-corrected chi connectivity index (χ0v) is 18.5. The van der Waals surface area contributed by atoms with Crippen molar-refractivity contribution in [2.75, 3.05) is 30.3 Å². The van der Waals surface area contributed by atoms with E-state index in [1.807, 2.05) is 4.90 Å². The van der Waals surface area contributed by atoms with Gasteiger partial charge in [-0.25, -0.2) is 13.2 Å². The summed E-state index contributed by atoms with van der Waals surface area (Å²) in [7, 11) is -3.80. The SMILES string of the molecule is C#CCNS(=O)(=O)c1cccc(C(=O)Nc2ccc(NC(=O)N3CCCCCC3)cc2)c1. The second-order valence-corrected chi connectivity index (χ2v) is 9.19. The first-order valence-corrected chi connectivity index (χ1v) is 11.9. The third kappa shape index (κ3) is 6.33. The van der Waals surface area contributed by atoms with Crippen LogP contribution in [0.1, 0.15) is 36.0 Å². The Morgan fingerprint density at radius 1 is 0.938 bits per heavy atom. The van der Waals surface area contributed by atoms with E-state index < -0.39 is 15.9 Å². The van der Waals surface area contributed by atoms with Crippen molar-refractivity contribution >= 4 is 33.3 Å². The monoisotopic (exact) mass is 454 g/mol. The molecule has 0 spiro atoms. The molecule has 3 amide bonds. The third-order valence-electron chi connectivity index (χ3n) is 5.06. The number of sulfonamides is 1. The quantitative estimate of drug-likeness (QED) is 0.582. The third-order valence-corrected chi connectivity index (χ3v) is 6.46. The van der Waals surface area contributed by atoms with E-state index in [4.69, 9.17) is 6.42 Å². The predicted molar refractivity (Wildman–Crippen MR) is 124 cm³/mol. The molecule has 1 heterocycles. The van der Waals surface area contributed by atoms with Gasteiger partial charge in [-0.1, -0.05) is 24.8 Å². The minimum atomic E-state index is -3.80. The summed E-state index contributed by atoms with van der Waals surface area (Å²) in [5, 5.41) is 5.60. The number of rotatable bonds is 6. The number of amides is 3. The molecule has 8 nitrogen and oxygen atoms in total. The molecule has 0 atom stereocenters. The number of benzene rings is 2. The molecular formula is C23H26N4O4S. The van der Waals surface area contributed by atoms with Gasteiger partial charge in [-0.2, -0.15) is 4.72 Å². The molecule has 2 aromatic rings. The molecule has 2 aromatic carbocycles. The molecule has 32 heavy (non-hydrogen) atoms. The van der Waals surface area contributed by atoms with Crippen LogP contribution in [-0.2, 0) is 10.0 Å². The van der Waals surface area contributed by atoms with Crippen LogP contribution in [0, 0.1) is 12.3 Å². The number of nitrogens with zero attached hydrogens (tertiary/aromatic N) is 1. The first-order valence-electron chi connectivity index (χ1n) is 10.4. The van der Waals surface area contributed by atoms with Crippen LogP contribution in [0.5, 0.6) is 0 Å². The van der Waals surface area contributed by atoms with Gasteiger partial charge >= 0.3 is 6.03 Å². The van der Waals surface area contributed by atoms with Crippen LogP contribution in [0.2, 0.25) is 0 Å². The highest BCUT2D eigenvalue weighted by Gasteiger charge is 2.17. The number of carbonyl (C=O) groups excluding carboxylic acids is 2. The zero-order valence-electron chi connectivity index (χ0n) is 17.6. The lowest BCUT2D eigenvalue weighted by Crippen LogP contribution is -2.35. The second-order valence-electron chi connectivity index (χ2n) is 7.42. The Balaban J connectivity index is 1.62. The number of urea groups is 1. The maximum absolute atomic E-state index is 12.6. The molecule has 0 aromatic heterocycles. The van der Waals surface area contributed by atoms with E-state index in [9.17, 15) is 18.0 Å². The molecule has 1 aliphatic heterocycles. The molecule has 0 saturated carbocycles. The molecule has 168 valence electrons. The van der Waals surface area contributed by atoms with Gasteiger partial charge in [0.15, 0.2) is 0 Å². The fraction of sp³-hybridized carbons (Fsp3) is 0.304. The van der Waals surface area contributed by atoms with E-state index in [0.717, 1.165) is 38.8 Å². The molecule has 3 rings (SSSR count). The Morgan fingerprint density at radius 2 is 1.56 bits per heavy atom. The van der Waals surface area contributed by atoms with E-state index in [0.29, 0.717) is 11.4 Å². The number of nitrogens with one attached hydrogen (secondary N) is 3. The summed E-state index contributed by atoms with van der Waals surface area (Å²) in [4.78, 5) is 26.8. The van der Waals surface area contributed by atoms with E-state index >= 15 is 0 Å². The van der Waals surface area contributed by atoms with E-state index in [1.165, 1.54) is 24.3 Å². The molecular weight excluding hydrogens is 428 g/mol. The van der Waals surface area contributed by atoms with Crippen LogP contribution in [0.3, 0.4) is 0 Å². The number of likely N-dealkylation sites (tertiary alicyclic amines) is 1. The van der Waals surface area contributed by atoms with Crippen molar-refractivity contribution in [3.8, 4) is 12.3 Å². The van der Waals surface area contributed by atoms with Crippen LogP contribution < -0.4 is 15.4 Å². The van der Waals surface area contributed by atoms with Gasteiger partial charge in [-0.3, -0.25) is 4.79 Å². The highest BCUT2D eigenvalue weighted by molar-refractivity contribution is 7.89. The molecule has 1 saturated heterocycles. The molecule has 3 N–H and O–H groups in total. The fourth-order valence-corrected chi connectivity index (χ4v) is 4.32. The van der Waals surface area contributed by atoms with Crippen LogP contribution in [0.25, 0.3) is 0 Å². The summed E-state index contributed by atoms with van der Waals surface area (Å²) in [6.07, 6.45) is 9.42. The normalized spacial score (nSPS) is 14.2. The lowest BCUT2D eigenvalue weighted by Gasteiger charge is -2.20. The first kappa shape index (κ1) is 23.3. The topological polar surface area (TPSA) is 108 Å². The van der Waals surface area contributed by atoms with Crippen molar-refractivity contribution in [2.45, 2.75) is 30.6 Å². The molecule has 0 aliphatic carbocycles. The van der Waals surface area contributed by atoms with Gasteiger partial charge in [-0.15, -0.1) is 6.42 Å². The maximum atomic E-state index is 12.6. The summed E-state index contributed by atoms with van der Waals surface area (Å²) in [6.45, 7) is 1.37. The average molecular weight is 455 g/mol. The zero-order chi connectivity index (χ0) is 23.0. The van der Waals surface area contributed by atoms with Gasteiger partial charge in [0.25, 0.3) is 5.91 Å². The van der Waals surface area contributed by atoms with Crippen LogP contribution >= 0.6 is 0 Å². The summed E-state index contributed by atoms with van der Waals surface area (Å²) in [5.41, 5.74) is 1.33. The van der Waals surface area contributed by atoms with Crippen LogP contribution in [0.4, 0.5) is 16.2 Å². The van der Waals surface area contributed by atoms with Gasteiger partial charge in [-0.05, 0) is 55.3 Å². The molecule has 1 aliphatic rings. The lowest BCUT2D eigenvalue weighted by atomic mass is 10.2. The molecule has 0 bridgehead atoms. The molecule has 0 unspecified atom stereocenters. The van der Waals surface area contributed by atoms with Crippen molar-refractivity contribution in [1.82, 2.24) is 9.62 Å². The minimum absolute atomic E-state index is 0.0491. The number of hydrogen-bond acceptors (Lipinski definition) is 4. The standard InChI is InChI=1S/C23H26N4O4S/c1-2-14-24-32(30,31)21-9-7-8-18(17-21)22(28)25-19-10-12-20(13-11-19)26-23(29)27-15-5-3-4-6-16-27/h1,7-13,17,24H,3-6,14-16H2,(H,25,28)(H,26,29). The van der Waals surface area contributed by atoms with E-state index in [-0.39, 0.29) is 23.0 Å². The highest BCUT2D eigenvalue weighted by atomic mass is 32.2. The Morgan fingerprint density at radius 3 is 2.19 bits per heavy atom. The second kappa shape index (κ2) is 10.8. The summed E-state index contributed by atoms with van der Waals surface area (Å²) in [6, 6.07) is 12.3. The number of anilines is 2. The van der Waals surface area contributed by atoms with Gasteiger partial charge in [0.2, 0.25) is 10.0 Å². The first-order chi connectivity index (χ1) is 15.4. The van der Waals surface area contributed by atoms with Crippen molar-refractivity contribution in [3.05, 3.63) is 54.1 Å². The van der Waals surface area contributed by atoms with Gasteiger partial charge in [0, 0.05) is 30.0 Å². The minimum Gasteiger partial charge on any atom is -0.325 e. The van der Waals surface area contributed by atoms with Crippen molar-refractivity contribution in [3.63, 3.8) is 0 Å².